The van der Waals surface area contributed by atoms with Crippen molar-refractivity contribution in [2.24, 2.45) is 0 Å². The Morgan fingerprint density at radius 3 is 2.57 bits per heavy atom. The van der Waals surface area contributed by atoms with E-state index in [1.807, 2.05) is 12.1 Å². The lowest BCUT2D eigenvalue weighted by atomic mass is 9.82. The van der Waals surface area contributed by atoms with Gasteiger partial charge in [0.2, 0.25) is 0 Å². The van der Waals surface area contributed by atoms with Crippen LogP contribution in [0.2, 0.25) is 0 Å². The van der Waals surface area contributed by atoms with Gasteiger partial charge in [0.05, 0.1) is 13.2 Å². The maximum Gasteiger partial charge on any atom is 0.418 e. The van der Waals surface area contributed by atoms with Gasteiger partial charge in [0, 0.05) is 12.0 Å². The average molecular weight is 387 g/mol. The molecule has 7 heteroatoms. The Balaban J connectivity index is 2.05. The van der Waals surface area contributed by atoms with Crippen LogP contribution in [0.4, 0.5) is 4.79 Å². The van der Waals surface area contributed by atoms with Crippen LogP contribution in [0.15, 0.2) is 24.3 Å². The molecule has 1 unspecified atom stereocenters. The van der Waals surface area contributed by atoms with Crippen LogP contribution in [0.1, 0.15) is 55.6 Å². The Morgan fingerprint density at radius 2 is 2.00 bits per heavy atom. The minimum Gasteiger partial charge on any atom is -0.479 e. The molecule has 2 aliphatic rings. The van der Waals surface area contributed by atoms with Gasteiger partial charge in [-0.1, -0.05) is 18.2 Å². The van der Waals surface area contributed by atoms with E-state index in [0.717, 1.165) is 22.5 Å². The number of carbonyl (C=O) groups is 3. The second-order valence-electron chi connectivity index (χ2n) is 8.30. The number of benzene rings is 1. The molecule has 0 saturated heterocycles. The molecule has 2 heterocycles. The second-order valence-corrected chi connectivity index (χ2v) is 8.30. The first-order valence-electron chi connectivity index (χ1n) is 9.24. The third-order valence-electron chi connectivity index (χ3n) is 4.94. The van der Waals surface area contributed by atoms with Gasteiger partial charge in [-0.15, -0.1) is 0 Å². The Kier molecular flexibility index (Phi) is 5.06. The Hall–Kier alpha value is -2.67. The summed E-state index contributed by atoms with van der Waals surface area (Å²) in [7, 11) is 0. The fraction of sp³-hybridized carbons (Fsp3) is 0.476. The number of imide groups is 1. The fourth-order valence-electron chi connectivity index (χ4n) is 3.48. The quantitative estimate of drug-likeness (QED) is 0.837. The summed E-state index contributed by atoms with van der Waals surface area (Å²) in [6, 6.07) is 5.38. The van der Waals surface area contributed by atoms with Gasteiger partial charge in [-0.2, -0.15) is 0 Å². The van der Waals surface area contributed by atoms with Crippen LogP contribution in [0, 0.1) is 0 Å². The molecule has 0 fully saturated rings. The molecule has 7 nitrogen and oxygen atoms in total. The van der Waals surface area contributed by atoms with Gasteiger partial charge in [-0.25, -0.2) is 14.5 Å². The van der Waals surface area contributed by atoms with E-state index in [-0.39, 0.29) is 6.42 Å². The van der Waals surface area contributed by atoms with E-state index in [1.54, 1.807) is 32.9 Å². The Labute approximate surface area is 163 Å². The third-order valence-corrected chi connectivity index (χ3v) is 4.94. The number of amides is 2. The number of carboxylic acid groups (broad SMARTS) is 1. The molecular weight excluding hydrogens is 362 g/mol. The van der Waals surface area contributed by atoms with Crippen molar-refractivity contribution in [3.05, 3.63) is 41.0 Å². The van der Waals surface area contributed by atoms with Crippen LogP contribution in [0.3, 0.4) is 0 Å². The molecular formula is C21H25NO6. The largest absolute Gasteiger partial charge is 0.479 e. The van der Waals surface area contributed by atoms with E-state index >= 15 is 0 Å². The predicted molar refractivity (Wildman–Crippen MR) is 102 cm³/mol. The van der Waals surface area contributed by atoms with Crippen molar-refractivity contribution in [2.45, 2.75) is 51.7 Å². The molecule has 2 amide bonds. The average Bonchev–Trinajstić information content (AvgIpc) is 2.60. The Bertz CT molecular complexity index is 866. The summed E-state index contributed by atoms with van der Waals surface area (Å²) in [6.45, 7) is 7.50. The summed E-state index contributed by atoms with van der Waals surface area (Å²) in [4.78, 5) is 38.7. The summed E-state index contributed by atoms with van der Waals surface area (Å²) >= 11 is 0. The summed E-state index contributed by atoms with van der Waals surface area (Å²) in [5.41, 5.74) is 0.300. The first-order valence-corrected chi connectivity index (χ1v) is 9.24. The number of hydrogen-bond donors (Lipinski definition) is 1. The predicted octanol–water partition coefficient (Wildman–Crippen LogP) is 3.27. The highest BCUT2D eigenvalue weighted by Crippen LogP contribution is 2.35. The molecule has 0 aromatic heterocycles. The molecule has 0 saturated carbocycles. The zero-order valence-corrected chi connectivity index (χ0v) is 16.6. The highest BCUT2D eigenvalue weighted by Gasteiger charge is 2.51. The van der Waals surface area contributed by atoms with Crippen LogP contribution >= 0.6 is 0 Å². The number of rotatable bonds is 2. The minimum absolute atomic E-state index is 0.0189. The zero-order valence-electron chi connectivity index (χ0n) is 16.6. The first kappa shape index (κ1) is 20.1. The van der Waals surface area contributed by atoms with Gasteiger partial charge in [-0.05, 0) is 56.9 Å². The molecule has 0 spiro atoms. The van der Waals surface area contributed by atoms with Crippen LogP contribution in [-0.4, -0.2) is 52.3 Å². The van der Waals surface area contributed by atoms with Gasteiger partial charge >= 0.3 is 12.1 Å². The third kappa shape index (κ3) is 3.67. The summed E-state index contributed by atoms with van der Waals surface area (Å²) in [5, 5.41) is 9.79. The van der Waals surface area contributed by atoms with Crippen molar-refractivity contribution in [1.29, 1.82) is 0 Å². The number of aliphatic carboxylic acids is 1. The first-order chi connectivity index (χ1) is 13.0. The number of hydrogen-bond acceptors (Lipinski definition) is 5. The van der Waals surface area contributed by atoms with Gasteiger partial charge in [0.25, 0.3) is 5.91 Å². The number of carboxylic acids is 1. The monoisotopic (exact) mass is 387 g/mol. The molecule has 3 rings (SSSR count). The lowest BCUT2D eigenvalue weighted by molar-refractivity contribution is -0.148. The number of carbonyl (C=O) groups excluding carboxylic acids is 2. The van der Waals surface area contributed by atoms with Gasteiger partial charge in [0.15, 0.2) is 5.54 Å². The molecule has 0 bridgehead atoms. The van der Waals surface area contributed by atoms with Gasteiger partial charge in [-0.3, -0.25) is 4.79 Å². The van der Waals surface area contributed by atoms with Crippen molar-refractivity contribution in [2.75, 3.05) is 13.2 Å². The standard InChI is InChI=1S/C21H25NO6/c1-20(2,3)28-19(26)22-17(23)16-11-14(13-7-9-27-10-8-13)5-6-15(16)12-21(22,4)18(24)25/h5-7,11H,8-10,12H2,1-4H3,(H,24,25). The molecule has 0 radical (unpaired) electrons. The molecule has 2 aliphatic heterocycles. The molecule has 1 aromatic carbocycles. The van der Waals surface area contributed by atoms with Crippen LogP contribution in [0.5, 0.6) is 0 Å². The van der Waals surface area contributed by atoms with E-state index in [1.165, 1.54) is 6.92 Å². The Morgan fingerprint density at radius 1 is 1.29 bits per heavy atom. The topological polar surface area (TPSA) is 93.1 Å². The van der Waals surface area contributed by atoms with E-state index in [2.05, 4.69) is 0 Å². The normalized spacial score (nSPS) is 22.4. The SMILES string of the molecule is CC(C)(C)OC(=O)N1C(=O)c2cc(C3=CCOCC3)ccc2CC1(C)C(=O)O. The summed E-state index contributed by atoms with van der Waals surface area (Å²) in [6.07, 6.45) is 1.76. The fourth-order valence-corrected chi connectivity index (χ4v) is 3.48. The molecule has 0 aliphatic carbocycles. The summed E-state index contributed by atoms with van der Waals surface area (Å²) < 4.78 is 10.7. The van der Waals surface area contributed by atoms with Crippen molar-refractivity contribution >= 4 is 23.5 Å². The molecule has 1 atom stereocenters. The van der Waals surface area contributed by atoms with Crippen molar-refractivity contribution in [3.8, 4) is 0 Å². The van der Waals surface area contributed by atoms with Gasteiger partial charge < -0.3 is 14.6 Å². The highest BCUT2D eigenvalue weighted by molar-refractivity contribution is 6.09. The smallest absolute Gasteiger partial charge is 0.418 e. The van der Waals surface area contributed by atoms with Crippen molar-refractivity contribution < 1.29 is 29.0 Å². The van der Waals surface area contributed by atoms with Crippen LogP contribution in [-0.2, 0) is 20.7 Å². The lowest BCUT2D eigenvalue weighted by Gasteiger charge is -2.41. The molecule has 1 N–H and O–H groups in total. The minimum atomic E-state index is -1.72. The molecule has 28 heavy (non-hydrogen) atoms. The number of nitrogens with zero attached hydrogens (tertiary/aromatic N) is 1. The molecule has 150 valence electrons. The summed E-state index contributed by atoms with van der Waals surface area (Å²) in [5.74, 6) is -1.91. The zero-order chi connectivity index (χ0) is 20.7. The second kappa shape index (κ2) is 7.05. The van der Waals surface area contributed by atoms with Crippen LogP contribution < -0.4 is 0 Å². The van der Waals surface area contributed by atoms with E-state index in [4.69, 9.17) is 9.47 Å². The van der Waals surface area contributed by atoms with Crippen molar-refractivity contribution in [3.63, 3.8) is 0 Å². The maximum atomic E-state index is 13.2. The van der Waals surface area contributed by atoms with Gasteiger partial charge in [0.1, 0.15) is 5.60 Å². The van der Waals surface area contributed by atoms with E-state index in [9.17, 15) is 19.5 Å². The van der Waals surface area contributed by atoms with E-state index < -0.39 is 29.1 Å². The maximum absolute atomic E-state index is 13.2. The van der Waals surface area contributed by atoms with E-state index in [0.29, 0.717) is 24.3 Å². The number of ether oxygens (including phenoxy) is 2. The van der Waals surface area contributed by atoms with Crippen molar-refractivity contribution in [1.82, 2.24) is 4.90 Å². The van der Waals surface area contributed by atoms with Crippen LogP contribution in [0.25, 0.3) is 5.57 Å². The highest BCUT2D eigenvalue weighted by atomic mass is 16.6. The number of fused-ring (bicyclic) bond motifs is 1. The molecule has 1 aromatic rings. The lowest BCUT2D eigenvalue weighted by Crippen LogP contribution is -2.62.